The molecule has 1 saturated heterocycles. The van der Waals surface area contributed by atoms with E-state index in [4.69, 9.17) is 23.2 Å². The summed E-state index contributed by atoms with van der Waals surface area (Å²) in [6.45, 7) is 3.51. The van der Waals surface area contributed by atoms with Crippen LogP contribution in [-0.4, -0.2) is 50.6 Å². The average molecular weight is 463 g/mol. The summed E-state index contributed by atoms with van der Waals surface area (Å²) in [6, 6.07) is 10.8. The van der Waals surface area contributed by atoms with Crippen LogP contribution < -0.4 is 0 Å². The van der Waals surface area contributed by atoms with Gasteiger partial charge in [-0.05, 0) is 62.4 Å². The Balaban J connectivity index is 1.88. The van der Waals surface area contributed by atoms with E-state index in [1.165, 1.54) is 57.1 Å². The first-order valence-electron chi connectivity index (χ1n) is 8.58. The van der Waals surface area contributed by atoms with Crippen molar-refractivity contribution in [2.24, 2.45) is 0 Å². The fraction of sp³-hybridized carbons (Fsp3) is 0.333. The quantitative estimate of drug-likeness (QED) is 0.696. The molecule has 0 amide bonds. The van der Waals surface area contributed by atoms with Crippen LogP contribution >= 0.6 is 23.2 Å². The van der Waals surface area contributed by atoms with Crippen molar-refractivity contribution in [3.05, 3.63) is 58.6 Å². The maximum absolute atomic E-state index is 13.0. The minimum atomic E-state index is -3.76. The molecule has 1 fully saturated rings. The lowest BCUT2D eigenvalue weighted by atomic mass is 10.2. The molecule has 2 atom stereocenters. The zero-order valence-corrected chi connectivity index (χ0v) is 18.4. The van der Waals surface area contributed by atoms with Gasteiger partial charge in [-0.2, -0.15) is 8.61 Å². The van der Waals surface area contributed by atoms with Gasteiger partial charge in [0.05, 0.1) is 9.79 Å². The third-order valence-electron chi connectivity index (χ3n) is 4.71. The summed E-state index contributed by atoms with van der Waals surface area (Å²) in [5, 5.41) is 0.887. The van der Waals surface area contributed by atoms with Gasteiger partial charge in [0.25, 0.3) is 0 Å². The highest BCUT2D eigenvalue weighted by Gasteiger charge is 2.41. The molecule has 0 bridgehead atoms. The van der Waals surface area contributed by atoms with Crippen LogP contribution in [0.25, 0.3) is 0 Å². The Morgan fingerprint density at radius 1 is 0.679 bits per heavy atom. The molecule has 0 spiro atoms. The van der Waals surface area contributed by atoms with E-state index >= 15 is 0 Å². The molecule has 152 valence electrons. The van der Waals surface area contributed by atoms with E-state index in [0.717, 1.165) is 0 Å². The lowest BCUT2D eigenvalue weighted by Crippen LogP contribution is -2.59. The van der Waals surface area contributed by atoms with Gasteiger partial charge in [-0.3, -0.25) is 0 Å². The molecule has 0 unspecified atom stereocenters. The molecule has 6 nitrogen and oxygen atoms in total. The molecule has 0 radical (unpaired) electrons. The van der Waals surface area contributed by atoms with E-state index in [9.17, 15) is 16.8 Å². The van der Waals surface area contributed by atoms with Crippen molar-refractivity contribution in [3.8, 4) is 0 Å². The number of nitrogens with zero attached hydrogens (tertiary/aromatic N) is 2. The third-order valence-corrected chi connectivity index (χ3v) is 9.20. The van der Waals surface area contributed by atoms with Crippen molar-refractivity contribution < 1.29 is 16.8 Å². The Hall–Kier alpha value is -1.16. The Labute approximate surface area is 175 Å². The number of hydrogen-bond acceptors (Lipinski definition) is 4. The first kappa shape index (κ1) is 21.5. The predicted molar refractivity (Wildman–Crippen MR) is 110 cm³/mol. The highest BCUT2D eigenvalue weighted by atomic mass is 35.5. The zero-order valence-electron chi connectivity index (χ0n) is 15.3. The Kier molecular flexibility index (Phi) is 6.10. The van der Waals surface area contributed by atoms with Gasteiger partial charge in [-0.15, -0.1) is 0 Å². The Morgan fingerprint density at radius 2 is 0.964 bits per heavy atom. The van der Waals surface area contributed by atoms with Crippen LogP contribution in [0.5, 0.6) is 0 Å². The zero-order chi connectivity index (χ0) is 20.7. The molecule has 2 aromatic carbocycles. The summed E-state index contributed by atoms with van der Waals surface area (Å²) in [6.07, 6.45) is 0. The number of sulfonamides is 2. The van der Waals surface area contributed by atoms with Crippen LogP contribution in [-0.2, 0) is 20.0 Å². The van der Waals surface area contributed by atoms with Gasteiger partial charge in [0.1, 0.15) is 0 Å². The smallest absolute Gasteiger partial charge is 0.207 e. The van der Waals surface area contributed by atoms with E-state index in [0.29, 0.717) is 10.0 Å². The topological polar surface area (TPSA) is 74.8 Å². The van der Waals surface area contributed by atoms with Crippen LogP contribution in [0, 0.1) is 0 Å². The summed E-state index contributed by atoms with van der Waals surface area (Å²) >= 11 is 11.7. The number of rotatable bonds is 4. The normalized spacial score (nSPS) is 22.3. The van der Waals surface area contributed by atoms with Gasteiger partial charge in [0.15, 0.2) is 0 Å². The molecule has 0 N–H and O–H groups in total. The van der Waals surface area contributed by atoms with Crippen molar-refractivity contribution in [3.63, 3.8) is 0 Å². The number of halogens is 2. The standard InChI is InChI=1S/C18H20Cl2N2O4S2/c1-13-11-22(28(25,26)18-9-5-16(20)6-10-18)14(2)12-21(13)27(23,24)17-7-3-15(19)4-8-17/h3-10,13-14H,11-12H2,1-2H3/t13-,14-/m1/s1. The highest BCUT2D eigenvalue weighted by Crippen LogP contribution is 2.29. The van der Waals surface area contributed by atoms with E-state index in [1.807, 2.05) is 0 Å². The molecule has 10 heteroatoms. The molecule has 28 heavy (non-hydrogen) atoms. The minimum Gasteiger partial charge on any atom is -0.207 e. The second kappa shape index (κ2) is 7.93. The van der Waals surface area contributed by atoms with Gasteiger partial charge >= 0.3 is 0 Å². The fourth-order valence-electron chi connectivity index (χ4n) is 3.22. The van der Waals surface area contributed by atoms with Gasteiger partial charge in [-0.25, -0.2) is 16.8 Å². The summed E-state index contributed by atoms with van der Waals surface area (Å²) in [4.78, 5) is 0.259. The number of benzene rings is 2. The monoisotopic (exact) mass is 462 g/mol. The Bertz CT molecular complexity index is 968. The molecule has 3 rings (SSSR count). The van der Waals surface area contributed by atoms with Crippen molar-refractivity contribution in [2.45, 2.75) is 35.7 Å². The van der Waals surface area contributed by atoms with Crippen molar-refractivity contribution in [1.82, 2.24) is 8.61 Å². The molecule has 0 aromatic heterocycles. The van der Waals surface area contributed by atoms with Gasteiger partial charge < -0.3 is 0 Å². The highest BCUT2D eigenvalue weighted by molar-refractivity contribution is 7.89. The van der Waals surface area contributed by atoms with Crippen molar-refractivity contribution in [2.75, 3.05) is 13.1 Å². The number of hydrogen-bond donors (Lipinski definition) is 0. The molecule has 0 saturated carbocycles. The third kappa shape index (κ3) is 4.08. The fourth-order valence-corrected chi connectivity index (χ4v) is 6.88. The maximum atomic E-state index is 13.0. The second-order valence-electron chi connectivity index (χ2n) is 6.76. The molecule has 1 aliphatic rings. The lowest BCUT2D eigenvalue weighted by molar-refractivity contribution is 0.164. The van der Waals surface area contributed by atoms with Gasteiger partial charge in [-0.1, -0.05) is 23.2 Å². The molecular formula is C18H20Cl2N2O4S2. The summed E-state index contributed by atoms with van der Waals surface area (Å²) < 4.78 is 54.8. The van der Waals surface area contributed by atoms with Crippen molar-refractivity contribution in [1.29, 1.82) is 0 Å². The Morgan fingerprint density at radius 3 is 1.25 bits per heavy atom. The van der Waals surface area contributed by atoms with Gasteiger partial charge in [0, 0.05) is 35.2 Å². The van der Waals surface area contributed by atoms with Gasteiger partial charge in [0.2, 0.25) is 20.0 Å². The van der Waals surface area contributed by atoms with E-state index in [2.05, 4.69) is 0 Å². The first-order valence-corrected chi connectivity index (χ1v) is 12.2. The predicted octanol–water partition coefficient (Wildman–Crippen LogP) is 3.47. The molecule has 1 heterocycles. The molecule has 0 aliphatic carbocycles. The number of piperazine rings is 1. The first-order chi connectivity index (χ1) is 13.0. The lowest BCUT2D eigenvalue weighted by Gasteiger charge is -2.42. The maximum Gasteiger partial charge on any atom is 0.243 e. The average Bonchev–Trinajstić information content (AvgIpc) is 2.63. The van der Waals surface area contributed by atoms with Crippen molar-refractivity contribution >= 4 is 43.2 Å². The van der Waals surface area contributed by atoms with E-state index in [1.54, 1.807) is 13.8 Å². The van der Waals surface area contributed by atoms with Crippen LogP contribution in [0.1, 0.15) is 13.8 Å². The second-order valence-corrected chi connectivity index (χ2v) is 11.4. The molecule has 1 aliphatic heterocycles. The minimum absolute atomic E-state index is 0.0545. The molecule has 2 aromatic rings. The van der Waals surface area contributed by atoms with Crippen LogP contribution in [0.2, 0.25) is 10.0 Å². The van der Waals surface area contributed by atoms with Crippen LogP contribution in [0.3, 0.4) is 0 Å². The van der Waals surface area contributed by atoms with Crippen LogP contribution in [0.15, 0.2) is 58.3 Å². The largest absolute Gasteiger partial charge is 0.243 e. The SMILES string of the molecule is C[C@@H]1CN(S(=O)(=O)c2ccc(Cl)cc2)[C@H](C)CN1S(=O)(=O)c1ccc(Cl)cc1. The molecular weight excluding hydrogens is 443 g/mol. The summed E-state index contributed by atoms with van der Waals surface area (Å²) in [5.41, 5.74) is 0. The van der Waals surface area contributed by atoms with E-state index in [-0.39, 0.29) is 22.9 Å². The summed E-state index contributed by atoms with van der Waals surface area (Å²) in [5.74, 6) is 0. The van der Waals surface area contributed by atoms with E-state index < -0.39 is 32.1 Å². The van der Waals surface area contributed by atoms with Crippen LogP contribution in [0.4, 0.5) is 0 Å². The summed E-state index contributed by atoms with van der Waals surface area (Å²) in [7, 11) is -7.53.